The van der Waals surface area contributed by atoms with Crippen LogP contribution in [0, 0.1) is 0 Å². The molecule has 0 saturated heterocycles. The number of nitrogens with zero attached hydrogens (tertiary/aromatic N) is 2. The predicted molar refractivity (Wildman–Crippen MR) is 98.7 cm³/mol. The summed E-state index contributed by atoms with van der Waals surface area (Å²) >= 11 is 1.37. The van der Waals surface area contributed by atoms with Crippen LogP contribution in [0.1, 0.15) is 33.9 Å². The summed E-state index contributed by atoms with van der Waals surface area (Å²) in [6.07, 6.45) is -4.72. The molecule has 0 radical (unpaired) electrons. The van der Waals surface area contributed by atoms with E-state index in [1.54, 1.807) is 23.6 Å². The van der Waals surface area contributed by atoms with Crippen molar-refractivity contribution < 1.29 is 23.1 Å². The smallest absolute Gasteiger partial charge is 0.410 e. The molecule has 6 nitrogen and oxygen atoms in total. The number of carbonyl (C=O) groups is 1. The van der Waals surface area contributed by atoms with Gasteiger partial charge in [-0.3, -0.25) is 4.79 Å². The first kappa shape index (κ1) is 18.4. The third kappa shape index (κ3) is 3.55. The topological polar surface area (TPSA) is 79.2 Å². The summed E-state index contributed by atoms with van der Waals surface area (Å²) < 4.78 is 41.7. The molecule has 0 bridgehead atoms. The fraction of sp³-hybridized carbons (Fsp3) is 0.222. The molecule has 0 spiro atoms. The number of rotatable bonds is 3. The average Bonchev–Trinajstić information content (AvgIpc) is 3.29. The zero-order chi connectivity index (χ0) is 19.9. The second kappa shape index (κ2) is 6.86. The number of fused-ring (bicyclic) bond motifs is 1. The maximum Gasteiger partial charge on any atom is 0.410 e. The number of halogens is 3. The van der Waals surface area contributed by atoms with Crippen molar-refractivity contribution in [1.82, 2.24) is 9.78 Å². The van der Waals surface area contributed by atoms with Gasteiger partial charge in [0, 0.05) is 29.1 Å². The number of thiophene rings is 1. The van der Waals surface area contributed by atoms with Crippen molar-refractivity contribution in [2.75, 3.05) is 10.6 Å². The van der Waals surface area contributed by atoms with Crippen LogP contribution in [-0.4, -0.2) is 27.0 Å². The number of amides is 1. The van der Waals surface area contributed by atoms with Crippen LogP contribution in [0.25, 0.3) is 0 Å². The predicted octanol–water partition coefficient (Wildman–Crippen LogP) is 4.56. The Hall–Kier alpha value is -3.01. The number of alkyl halides is 3. The Balaban J connectivity index is 1.64. The lowest BCUT2D eigenvalue weighted by molar-refractivity contribution is -0.173. The molecule has 10 heteroatoms. The molecule has 1 aliphatic heterocycles. The van der Waals surface area contributed by atoms with E-state index in [1.807, 2.05) is 0 Å². The van der Waals surface area contributed by atoms with Gasteiger partial charge in [0.1, 0.15) is 11.6 Å². The largest absolute Gasteiger partial charge is 0.508 e. The Morgan fingerprint density at radius 2 is 2.11 bits per heavy atom. The monoisotopic (exact) mass is 408 g/mol. The molecule has 4 rings (SSSR count). The molecule has 3 N–H and O–H groups in total. The second-order valence-corrected chi connectivity index (χ2v) is 7.35. The number of phenolic OH excluding ortho intramolecular Hbond substituents is 1. The van der Waals surface area contributed by atoms with Gasteiger partial charge in [0.2, 0.25) is 0 Å². The summed E-state index contributed by atoms with van der Waals surface area (Å²) in [7, 11) is 0. The van der Waals surface area contributed by atoms with Crippen LogP contribution in [0.3, 0.4) is 0 Å². The Bertz CT molecular complexity index is 1000. The van der Waals surface area contributed by atoms with Gasteiger partial charge in [-0.2, -0.15) is 18.3 Å². The summed E-state index contributed by atoms with van der Waals surface area (Å²) in [6.45, 7) is 0. The molecular weight excluding hydrogens is 393 g/mol. The highest BCUT2D eigenvalue weighted by Gasteiger charge is 2.47. The molecule has 2 unspecified atom stereocenters. The second-order valence-electron chi connectivity index (χ2n) is 6.37. The van der Waals surface area contributed by atoms with Crippen molar-refractivity contribution >= 4 is 28.7 Å². The van der Waals surface area contributed by atoms with Crippen LogP contribution in [-0.2, 0) is 0 Å². The molecular formula is C18H15F3N4O2S. The maximum atomic E-state index is 13.6. The molecule has 0 fully saturated rings. The molecule has 3 aromatic rings. The minimum atomic E-state index is -4.50. The van der Waals surface area contributed by atoms with E-state index in [9.17, 15) is 23.1 Å². The van der Waals surface area contributed by atoms with Crippen LogP contribution >= 0.6 is 11.3 Å². The molecule has 28 heavy (non-hydrogen) atoms. The van der Waals surface area contributed by atoms with Gasteiger partial charge in [0.05, 0.1) is 6.04 Å². The van der Waals surface area contributed by atoms with Gasteiger partial charge >= 0.3 is 6.18 Å². The lowest BCUT2D eigenvalue weighted by Crippen LogP contribution is -2.35. The first-order valence-electron chi connectivity index (χ1n) is 8.38. The van der Waals surface area contributed by atoms with Crippen LogP contribution in [0.5, 0.6) is 5.75 Å². The van der Waals surface area contributed by atoms with E-state index < -0.39 is 24.2 Å². The number of benzene rings is 1. The molecule has 3 heterocycles. The highest BCUT2D eigenvalue weighted by atomic mass is 32.1. The molecule has 2 aromatic heterocycles. The van der Waals surface area contributed by atoms with Gasteiger partial charge in [-0.05, 0) is 23.6 Å². The molecule has 2 atom stereocenters. The molecule has 1 amide bonds. The van der Waals surface area contributed by atoms with Gasteiger partial charge in [0.25, 0.3) is 5.91 Å². The van der Waals surface area contributed by atoms with Crippen molar-refractivity contribution in [2.45, 2.75) is 24.7 Å². The van der Waals surface area contributed by atoms with E-state index >= 15 is 0 Å². The third-order valence-electron chi connectivity index (χ3n) is 4.41. The summed E-state index contributed by atoms with van der Waals surface area (Å²) in [5, 5.41) is 20.7. The molecule has 0 saturated carbocycles. The van der Waals surface area contributed by atoms with Crippen molar-refractivity contribution in [3.05, 3.63) is 58.4 Å². The van der Waals surface area contributed by atoms with Gasteiger partial charge in [-0.15, -0.1) is 11.3 Å². The number of aromatic hydroxyl groups is 1. The Morgan fingerprint density at radius 1 is 1.29 bits per heavy atom. The average molecular weight is 408 g/mol. The molecule has 0 aliphatic carbocycles. The van der Waals surface area contributed by atoms with E-state index in [1.165, 1.54) is 35.6 Å². The quantitative estimate of drug-likeness (QED) is 0.594. The first-order chi connectivity index (χ1) is 13.3. The zero-order valence-corrected chi connectivity index (χ0v) is 15.1. The maximum absolute atomic E-state index is 13.6. The van der Waals surface area contributed by atoms with Crippen LogP contribution in [0.15, 0.2) is 47.8 Å². The van der Waals surface area contributed by atoms with E-state index in [4.69, 9.17) is 0 Å². The van der Waals surface area contributed by atoms with Gasteiger partial charge in [0.15, 0.2) is 11.7 Å². The Morgan fingerprint density at radius 3 is 2.79 bits per heavy atom. The fourth-order valence-electron chi connectivity index (χ4n) is 3.14. The van der Waals surface area contributed by atoms with Crippen LogP contribution in [0.4, 0.5) is 24.7 Å². The van der Waals surface area contributed by atoms with Gasteiger partial charge in [-0.1, -0.05) is 12.1 Å². The van der Waals surface area contributed by atoms with Crippen molar-refractivity contribution in [3.8, 4) is 5.75 Å². The summed E-state index contributed by atoms with van der Waals surface area (Å²) in [5.74, 6) is -0.574. The minimum Gasteiger partial charge on any atom is -0.508 e. The van der Waals surface area contributed by atoms with E-state index in [0.717, 1.165) is 9.56 Å². The standard InChI is InChI=1S/C18H15F3N4O2S/c19-18(20,21)15-8-12(14-5-2-6-28-14)23-16-9-13(24-25(15)16)17(27)22-10-3-1-4-11(26)7-10/h1-7,9,12,15,23,26H,8H2,(H,22,27). The summed E-state index contributed by atoms with van der Waals surface area (Å²) in [6, 6.07) is 8.37. The van der Waals surface area contributed by atoms with E-state index in [0.29, 0.717) is 5.69 Å². The fourth-order valence-corrected chi connectivity index (χ4v) is 3.93. The Kier molecular flexibility index (Phi) is 4.50. The minimum absolute atomic E-state index is 0.0421. The van der Waals surface area contributed by atoms with E-state index in [-0.39, 0.29) is 23.7 Å². The van der Waals surface area contributed by atoms with Crippen molar-refractivity contribution in [2.24, 2.45) is 0 Å². The summed E-state index contributed by atoms with van der Waals surface area (Å²) in [4.78, 5) is 13.2. The number of aromatic nitrogens is 2. The molecule has 1 aromatic carbocycles. The van der Waals surface area contributed by atoms with Crippen LogP contribution in [0.2, 0.25) is 0 Å². The Labute approximate surface area is 161 Å². The first-order valence-corrected chi connectivity index (χ1v) is 9.26. The van der Waals surface area contributed by atoms with Gasteiger partial charge in [-0.25, -0.2) is 4.68 Å². The SMILES string of the molecule is O=C(Nc1cccc(O)c1)c1cc2n(n1)C(C(F)(F)F)CC(c1cccs1)N2. The zero-order valence-electron chi connectivity index (χ0n) is 14.3. The third-order valence-corrected chi connectivity index (χ3v) is 5.40. The molecule has 146 valence electrons. The van der Waals surface area contributed by atoms with Crippen LogP contribution < -0.4 is 10.6 Å². The van der Waals surface area contributed by atoms with Crippen molar-refractivity contribution in [1.29, 1.82) is 0 Å². The van der Waals surface area contributed by atoms with E-state index in [2.05, 4.69) is 15.7 Å². The van der Waals surface area contributed by atoms with Gasteiger partial charge < -0.3 is 15.7 Å². The molecule has 1 aliphatic rings. The lowest BCUT2D eigenvalue weighted by Gasteiger charge is -2.32. The number of hydrogen-bond acceptors (Lipinski definition) is 5. The number of anilines is 2. The highest BCUT2D eigenvalue weighted by molar-refractivity contribution is 7.10. The highest BCUT2D eigenvalue weighted by Crippen LogP contribution is 2.44. The number of hydrogen-bond donors (Lipinski definition) is 3. The van der Waals surface area contributed by atoms with Crippen molar-refractivity contribution in [3.63, 3.8) is 0 Å². The summed E-state index contributed by atoms with van der Waals surface area (Å²) in [5.41, 5.74) is 0.166. The number of nitrogens with one attached hydrogen (secondary N) is 2. The number of phenols is 1. The number of carbonyl (C=O) groups excluding carboxylic acids is 1. The lowest BCUT2D eigenvalue weighted by atomic mass is 10.0. The normalized spacial score (nSPS) is 19.0.